The molecule has 1 aliphatic heterocycles. The Morgan fingerprint density at radius 1 is 1.26 bits per heavy atom. The fourth-order valence-electron chi connectivity index (χ4n) is 3.07. The van der Waals surface area contributed by atoms with Gasteiger partial charge in [-0.25, -0.2) is 4.39 Å². The van der Waals surface area contributed by atoms with Crippen molar-refractivity contribution in [2.75, 3.05) is 13.1 Å². The maximum atomic E-state index is 13.3. The van der Waals surface area contributed by atoms with Gasteiger partial charge in [0.2, 0.25) is 0 Å². The summed E-state index contributed by atoms with van der Waals surface area (Å²) in [6.07, 6.45) is 4.34. The van der Waals surface area contributed by atoms with Crippen LogP contribution in [0.5, 0.6) is 0 Å². The van der Waals surface area contributed by atoms with Crippen LogP contribution < -0.4 is 5.32 Å². The predicted molar refractivity (Wildman–Crippen MR) is 94.9 cm³/mol. The van der Waals surface area contributed by atoms with Gasteiger partial charge in [-0.1, -0.05) is 25.5 Å². The summed E-state index contributed by atoms with van der Waals surface area (Å²) >= 11 is 5.62. The summed E-state index contributed by atoms with van der Waals surface area (Å²) in [5, 5.41) is 4.14. The summed E-state index contributed by atoms with van der Waals surface area (Å²) < 4.78 is 15.5. The molecule has 5 heteroatoms. The smallest absolute Gasteiger partial charge is 0.169 e. The molecule has 0 fully saturated rings. The van der Waals surface area contributed by atoms with Gasteiger partial charge < -0.3 is 14.8 Å². The normalized spacial score (nSPS) is 17.0. The summed E-state index contributed by atoms with van der Waals surface area (Å²) in [7, 11) is 0. The molecule has 0 saturated carbocycles. The number of halogens is 1. The van der Waals surface area contributed by atoms with Crippen LogP contribution in [0.4, 0.5) is 4.39 Å². The molecule has 0 saturated heterocycles. The summed E-state index contributed by atoms with van der Waals surface area (Å²) in [6.45, 7) is 4.82. The molecule has 3 nitrogen and oxygen atoms in total. The van der Waals surface area contributed by atoms with Gasteiger partial charge in [0.15, 0.2) is 5.11 Å². The zero-order chi connectivity index (χ0) is 16.2. The highest BCUT2D eigenvalue weighted by atomic mass is 32.1. The van der Waals surface area contributed by atoms with Crippen LogP contribution in [0, 0.1) is 5.82 Å². The molecule has 0 bridgehead atoms. The molecule has 1 N–H and O–H groups in total. The van der Waals surface area contributed by atoms with Crippen LogP contribution in [-0.2, 0) is 6.54 Å². The van der Waals surface area contributed by atoms with Crippen molar-refractivity contribution in [2.24, 2.45) is 0 Å². The number of benzene rings is 1. The number of rotatable bonds is 4. The first-order chi connectivity index (χ1) is 11.2. The molecule has 3 rings (SSSR count). The largest absolute Gasteiger partial charge is 0.363 e. The number of unbranched alkanes of at least 4 members (excludes halogenated alkanes) is 1. The summed E-state index contributed by atoms with van der Waals surface area (Å²) in [4.78, 5) is 2.22. The van der Waals surface area contributed by atoms with Crippen molar-refractivity contribution in [1.82, 2.24) is 14.8 Å². The van der Waals surface area contributed by atoms with E-state index in [1.165, 1.54) is 17.8 Å². The monoisotopic (exact) mass is 331 g/mol. The van der Waals surface area contributed by atoms with E-state index in [9.17, 15) is 4.39 Å². The van der Waals surface area contributed by atoms with Gasteiger partial charge in [0.25, 0.3) is 0 Å². The van der Waals surface area contributed by atoms with Crippen molar-refractivity contribution in [3.05, 3.63) is 59.7 Å². The first kappa shape index (κ1) is 16.0. The van der Waals surface area contributed by atoms with Gasteiger partial charge in [0.1, 0.15) is 5.82 Å². The van der Waals surface area contributed by atoms with Crippen molar-refractivity contribution < 1.29 is 4.39 Å². The number of hydrogen-bond donors (Lipinski definition) is 1. The fraction of sp³-hybridized carbons (Fsp3) is 0.389. The van der Waals surface area contributed by atoms with E-state index in [0.29, 0.717) is 0 Å². The van der Waals surface area contributed by atoms with Gasteiger partial charge in [-0.3, -0.25) is 0 Å². The minimum absolute atomic E-state index is 0.0287. The zero-order valence-corrected chi connectivity index (χ0v) is 14.2. The van der Waals surface area contributed by atoms with Gasteiger partial charge >= 0.3 is 0 Å². The lowest BCUT2D eigenvalue weighted by Crippen LogP contribution is -2.47. The molecule has 2 aromatic rings. The van der Waals surface area contributed by atoms with E-state index < -0.39 is 0 Å². The molecule has 0 amide bonds. The van der Waals surface area contributed by atoms with E-state index >= 15 is 0 Å². The third kappa shape index (κ3) is 3.39. The number of aromatic nitrogens is 1. The zero-order valence-electron chi connectivity index (χ0n) is 13.3. The maximum Gasteiger partial charge on any atom is 0.169 e. The predicted octanol–water partition coefficient (Wildman–Crippen LogP) is 3.71. The average molecular weight is 331 g/mol. The Balaban J connectivity index is 1.89. The quantitative estimate of drug-likeness (QED) is 0.681. The highest BCUT2D eigenvalue weighted by molar-refractivity contribution is 7.80. The topological polar surface area (TPSA) is 20.2 Å². The molecule has 0 radical (unpaired) electrons. The Kier molecular flexibility index (Phi) is 4.96. The van der Waals surface area contributed by atoms with E-state index in [1.807, 2.05) is 12.1 Å². The van der Waals surface area contributed by atoms with E-state index in [2.05, 4.69) is 40.0 Å². The average Bonchev–Trinajstić information content (AvgIpc) is 3.03. The Bertz CT molecular complexity index is 665. The number of nitrogens with one attached hydrogen (secondary N) is 1. The van der Waals surface area contributed by atoms with E-state index in [4.69, 9.17) is 12.2 Å². The SMILES string of the molecule is CCCCNC(=S)N1CCn2cccc2C1c1ccc(F)cc1. The fourth-order valence-corrected chi connectivity index (χ4v) is 3.37. The molecular formula is C18H22FN3S. The van der Waals surface area contributed by atoms with E-state index in [-0.39, 0.29) is 11.9 Å². The molecule has 1 aliphatic rings. The van der Waals surface area contributed by atoms with E-state index in [0.717, 1.165) is 43.2 Å². The number of fused-ring (bicyclic) bond motifs is 1. The Labute approximate surface area is 142 Å². The molecule has 122 valence electrons. The van der Waals surface area contributed by atoms with Crippen LogP contribution in [0.3, 0.4) is 0 Å². The molecule has 2 heterocycles. The third-order valence-corrected chi connectivity index (χ3v) is 4.67. The molecule has 0 aliphatic carbocycles. The first-order valence-corrected chi connectivity index (χ1v) is 8.56. The van der Waals surface area contributed by atoms with Gasteiger partial charge in [-0.05, 0) is 48.5 Å². The highest BCUT2D eigenvalue weighted by Crippen LogP contribution is 2.32. The van der Waals surface area contributed by atoms with Crippen molar-refractivity contribution in [3.8, 4) is 0 Å². The van der Waals surface area contributed by atoms with Gasteiger partial charge in [-0.15, -0.1) is 0 Å². The molecule has 23 heavy (non-hydrogen) atoms. The van der Waals surface area contributed by atoms with Crippen molar-refractivity contribution in [1.29, 1.82) is 0 Å². The summed E-state index contributed by atoms with van der Waals surface area (Å²) in [5.41, 5.74) is 2.26. The Morgan fingerprint density at radius 2 is 2.04 bits per heavy atom. The van der Waals surface area contributed by atoms with Crippen LogP contribution in [-0.4, -0.2) is 27.7 Å². The molecule has 0 spiro atoms. The second kappa shape index (κ2) is 7.13. The lowest BCUT2D eigenvalue weighted by atomic mass is 10.0. The van der Waals surface area contributed by atoms with Crippen molar-refractivity contribution >= 4 is 17.3 Å². The lowest BCUT2D eigenvalue weighted by Gasteiger charge is -2.39. The van der Waals surface area contributed by atoms with Gasteiger partial charge in [-0.2, -0.15) is 0 Å². The lowest BCUT2D eigenvalue weighted by molar-refractivity contribution is 0.286. The minimum atomic E-state index is -0.213. The molecule has 1 aromatic heterocycles. The molecule has 1 aromatic carbocycles. The molecular weight excluding hydrogens is 309 g/mol. The van der Waals surface area contributed by atoms with Crippen LogP contribution in [0.15, 0.2) is 42.6 Å². The standard InChI is InChI=1S/C18H22FN3S/c1-2-3-10-20-18(23)22-13-12-21-11-4-5-16(21)17(22)14-6-8-15(19)9-7-14/h4-9,11,17H,2-3,10,12-13H2,1H3,(H,20,23). The van der Waals surface area contributed by atoms with Crippen molar-refractivity contribution in [3.63, 3.8) is 0 Å². The van der Waals surface area contributed by atoms with Crippen LogP contribution in [0.25, 0.3) is 0 Å². The number of thiocarbonyl (C=S) groups is 1. The van der Waals surface area contributed by atoms with Gasteiger partial charge in [0, 0.05) is 31.5 Å². The first-order valence-electron chi connectivity index (χ1n) is 8.15. The Hall–Kier alpha value is -1.88. The Morgan fingerprint density at radius 3 is 2.78 bits per heavy atom. The number of hydrogen-bond acceptors (Lipinski definition) is 1. The van der Waals surface area contributed by atoms with Crippen LogP contribution >= 0.6 is 12.2 Å². The van der Waals surface area contributed by atoms with Crippen molar-refractivity contribution in [2.45, 2.75) is 32.4 Å². The minimum Gasteiger partial charge on any atom is -0.363 e. The molecule has 1 atom stereocenters. The summed E-state index contributed by atoms with van der Waals surface area (Å²) in [5.74, 6) is -0.213. The van der Waals surface area contributed by atoms with E-state index in [1.54, 1.807) is 0 Å². The molecule has 1 unspecified atom stereocenters. The second-order valence-electron chi connectivity index (χ2n) is 5.86. The van der Waals surface area contributed by atoms with Gasteiger partial charge in [0.05, 0.1) is 6.04 Å². The summed E-state index contributed by atoms with van der Waals surface area (Å²) in [6, 6.07) is 10.9. The third-order valence-electron chi connectivity index (χ3n) is 4.29. The van der Waals surface area contributed by atoms with Crippen LogP contribution in [0.2, 0.25) is 0 Å². The highest BCUT2D eigenvalue weighted by Gasteiger charge is 2.30. The number of nitrogens with zero attached hydrogens (tertiary/aromatic N) is 2. The maximum absolute atomic E-state index is 13.3. The second-order valence-corrected chi connectivity index (χ2v) is 6.25. The van der Waals surface area contributed by atoms with Crippen LogP contribution in [0.1, 0.15) is 37.1 Å².